The summed E-state index contributed by atoms with van der Waals surface area (Å²) >= 11 is 1.44. The second-order valence-electron chi connectivity index (χ2n) is 2.68. The van der Waals surface area contributed by atoms with Crippen molar-refractivity contribution < 1.29 is 4.79 Å². The third-order valence-electron chi connectivity index (χ3n) is 1.69. The Morgan fingerprint density at radius 2 is 2.38 bits per heavy atom. The number of hydrogen-bond donors (Lipinski definition) is 0. The number of nitrogens with zero attached hydrogens (tertiary/aromatic N) is 2. The number of carbonyl (C=O) groups excluding carboxylic acids is 1. The zero-order chi connectivity index (χ0) is 9.26. The van der Waals surface area contributed by atoms with Crippen molar-refractivity contribution in [1.82, 2.24) is 9.78 Å². The maximum absolute atomic E-state index is 11.7. The molecule has 0 bridgehead atoms. The second-order valence-corrected chi connectivity index (χ2v) is 3.63. The molecule has 0 aliphatic carbocycles. The molecular formula is C9H8N2OS. The van der Waals surface area contributed by atoms with Crippen molar-refractivity contribution in [3.8, 4) is 0 Å². The molecule has 0 saturated carbocycles. The van der Waals surface area contributed by atoms with Crippen LogP contribution in [-0.4, -0.2) is 15.6 Å². The van der Waals surface area contributed by atoms with Gasteiger partial charge < -0.3 is 0 Å². The van der Waals surface area contributed by atoms with Crippen LogP contribution in [0.25, 0.3) is 0 Å². The number of rotatable bonds is 2. The van der Waals surface area contributed by atoms with Gasteiger partial charge in [0.15, 0.2) is 0 Å². The van der Waals surface area contributed by atoms with E-state index in [-0.39, 0.29) is 5.78 Å². The van der Waals surface area contributed by atoms with Gasteiger partial charge in [-0.2, -0.15) is 5.10 Å². The SMILES string of the molecule is Cn1ccc(C(=O)c2cccs2)n1. The fourth-order valence-electron chi connectivity index (χ4n) is 1.07. The van der Waals surface area contributed by atoms with E-state index in [0.717, 1.165) is 4.88 Å². The molecule has 13 heavy (non-hydrogen) atoms. The Balaban J connectivity index is 2.33. The normalized spacial score (nSPS) is 10.2. The summed E-state index contributed by atoms with van der Waals surface area (Å²) in [7, 11) is 1.80. The molecular weight excluding hydrogens is 184 g/mol. The lowest BCUT2D eigenvalue weighted by Crippen LogP contribution is -2.00. The van der Waals surface area contributed by atoms with Gasteiger partial charge in [-0.25, -0.2) is 0 Å². The van der Waals surface area contributed by atoms with Crippen molar-refractivity contribution in [2.45, 2.75) is 0 Å². The Hall–Kier alpha value is -1.42. The molecule has 2 rings (SSSR count). The maximum Gasteiger partial charge on any atom is 0.223 e. The van der Waals surface area contributed by atoms with Crippen molar-refractivity contribution in [2.75, 3.05) is 0 Å². The van der Waals surface area contributed by atoms with Crippen molar-refractivity contribution in [3.05, 3.63) is 40.3 Å². The lowest BCUT2D eigenvalue weighted by Gasteiger charge is -1.90. The summed E-state index contributed by atoms with van der Waals surface area (Å²) in [5.74, 6) is -0.00407. The van der Waals surface area contributed by atoms with Gasteiger partial charge in [0, 0.05) is 13.2 Å². The van der Waals surface area contributed by atoms with E-state index < -0.39 is 0 Å². The van der Waals surface area contributed by atoms with Crippen LogP contribution in [0.15, 0.2) is 29.8 Å². The summed E-state index contributed by atoms with van der Waals surface area (Å²) < 4.78 is 1.63. The highest BCUT2D eigenvalue weighted by Crippen LogP contribution is 2.13. The Kier molecular flexibility index (Phi) is 1.98. The third kappa shape index (κ3) is 1.53. The van der Waals surface area contributed by atoms with Gasteiger partial charge in [0.2, 0.25) is 5.78 Å². The second kappa shape index (κ2) is 3.14. The van der Waals surface area contributed by atoms with Gasteiger partial charge in [0.25, 0.3) is 0 Å². The first-order valence-corrected chi connectivity index (χ1v) is 4.73. The van der Waals surface area contributed by atoms with E-state index in [2.05, 4.69) is 5.10 Å². The average Bonchev–Trinajstić information content (AvgIpc) is 2.72. The molecule has 4 heteroatoms. The van der Waals surface area contributed by atoms with Gasteiger partial charge in [0.05, 0.1) is 4.88 Å². The number of carbonyl (C=O) groups is 1. The number of hydrogen-bond acceptors (Lipinski definition) is 3. The molecule has 0 atom stereocenters. The summed E-state index contributed by atoms with van der Waals surface area (Å²) in [6.07, 6.45) is 1.76. The number of aryl methyl sites for hydroxylation is 1. The largest absolute Gasteiger partial charge is 0.286 e. The van der Waals surface area contributed by atoms with Gasteiger partial charge >= 0.3 is 0 Å². The van der Waals surface area contributed by atoms with Gasteiger partial charge in [-0.3, -0.25) is 9.48 Å². The summed E-state index contributed by atoms with van der Waals surface area (Å²) in [6, 6.07) is 5.39. The van der Waals surface area contributed by atoms with Crippen LogP contribution < -0.4 is 0 Å². The lowest BCUT2D eigenvalue weighted by molar-refractivity contribution is 0.103. The molecule has 0 amide bonds. The third-order valence-corrected chi connectivity index (χ3v) is 2.56. The van der Waals surface area contributed by atoms with Crippen LogP contribution >= 0.6 is 11.3 Å². The van der Waals surface area contributed by atoms with Gasteiger partial charge in [-0.05, 0) is 17.5 Å². The molecule has 0 aliphatic heterocycles. The molecule has 0 saturated heterocycles. The highest BCUT2D eigenvalue weighted by atomic mass is 32.1. The van der Waals surface area contributed by atoms with Crippen LogP contribution in [0.3, 0.4) is 0 Å². The highest BCUT2D eigenvalue weighted by molar-refractivity contribution is 7.12. The molecule has 0 aromatic carbocycles. The van der Waals surface area contributed by atoms with E-state index in [1.807, 2.05) is 17.5 Å². The minimum absolute atomic E-state index is 0.00407. The molecule has 66 valence electrons. The van der Waals surface area contributed by atoms with Crippen molar-refractivity contribution in [1.29, 1.82) is 0 Å². The van der Waals surface area contributed by atoms with Crippen molar-refractivity contribution >= 4 is 17.1 Å². The first-order valence-electron chi connectivity index (χ1n) is 3.85. The molecule has 0 fully saturated rings. The van der Waals surface area contributed by atoms with Crippen molar-refractivity contribution in [2.24, 2.45) is 7.05 Å². The standard InChI is InChI=1S/C9H8N2OS/c1-11-5-4-7(10-11)9(12)8-3-2-6-13-8/h2-6H,1H3. The average molecular weight is 192 g/mol. The minimum atomic E-state index is -0.00407. The molecule has 3 nitrogen and oxygen atoms in total. The molecule has 2 heterocycles. The van der Waals surface area contributed by atoms with E-state index in [9.17, 15) is 4.79 Å². The smallest absolute Gasteiger partial charge is 0.223 e. The van der Waals surface area contributed by atoms with Gasteiger partial charge in [0.1, 0.15) is 5.69 Å². The molecule has 2 aromatic heterocycles. The lowest BCUT2D eigenvalue weighted by atomic mass is 10.2. The Morgan fingerprint density at radius 3 is 2.92 bits per heavy atom. The van der Waals surface area contributed by atoms with E-state index in [0.29, 0.717) is 5.69 Å². The van der Waals surface area contributed by atoms with Gasteiger partial charge in [-0.1, -0.05) is 6.07 Å². The van der Waals surface area contributed by atoms with Gasteiger partial charge in [-0.15, -0.1) is 11.3 Å². The summed E-state index contributed by atoms with van der Waals surface area (Å²) in [5.41, 5.74) is 0.505. The summed E-state index contributed by atoms with van der Waals surface area (Å²) in [4.78, 5) is 12.4. The minimum Gasteiger partial charge on any atom is -0.286 e. The van der Waals surface area contributed by atoms with E-state index in [1.54, 1.807) is 24.0 Å². The quantitative estimate of drug-likeness (QED) is 0.679. The van der Waals surface area contributed by atoms with Crippen LogP contribution in [-0.2, 0) is 7.05 Å². The molecule has 0 aliphatic rings. The summed E-state index contributed by atoms with van der Waals surface area (Å²) in [6.45, 7) is 0. The Labute approximate surface area is 79.6 Å². The van der Waals surface area contributed by atoms with E-state index in [4.69, 9.17) is 0 Å². The molecule has 0 spiro atoms. The van der Waals surface area contributed by atoms with Crippen LogP contribution in [0.1, 0.15) is 15.4 Å². The first kappa shape index (κ1) is 8.19. The predicted octanol–water partition coefficient (Wildman–Crippen LogP) is 1.71. The Morgan fingerprint density at radius 1 is 1.54 bits per heavy atom. The highest BCUT2D eigenvalue weighted by Gasteiger charge is 2.11. The van der Waals surface area contributed by atoms with Crippen LogP contribution in [0.4, 0.5) is 0 Å². The molecule has 0 unspecified atom stereocenters. The zero-order valence-electron chi connectivity index (χ0n) is 7.10. The van der Waals surface area contributed by atoms with Crippen LogP contribution in [0, 0.1) is 0 Å². The fourth-order valence-corrected chi connectivity index (χ4v) is 1.74. The van der Waals surface area contributed by atoms with Crippen molar-refractivity contribution in [3.63, 3.8) is 0 Å². The molecule has 0 N–H and O–H groups in total. The Bertz CT molecular complexity index is 417. The zero-order valence-corrected chi connectivity index (χ0v) is 7.91. The number of aromatic nitrogens is 2. The summed E-state index contributed by atoms with van der Waals surface area (Å²) in [5, 5.41) is 5.93. The first-order chi connectivity index (χ1) is 6.27. The fraction of sp³-hybridized carbons (Fsp3) is 0.111. The molecule has 0 radical (unpaired) electrons. The maximum atomic E-state index is 11.7. The van der Waals surface area contributed by atoms with E-state index in [1.165, 1.54) is 11.3 Å². The molecule has 2 aromatic rings. The van der Waals surface area contributed by atoms with Crippen LogP contribution in [0.2, 0.25) is 0 Å². The number of thiophene rings is 1. The predicted molar refractivity (Wildman–Crippen MR) is 51.0 cm³/mol. The van der Waals surface area contributed by atoms with E-state index >= 15 is 0 Å². The topological polar surface area (TPSA) is 34.9 Å². The van der Waals surface area contributed by atoms with Crippen LogP contribution in [0.5, 0.6) is 0 Å². The number of ketones is 1. The monoisotopic (exact) mass is 192 g/mol.